The van der Waals surface area contributed by atoms with E-state index in [1.54, 1.807) is 13.0 Å². The summed E-state index contributed by atoms with van der Waals surface area (Å²) >= 11 is 0. The van der Waals surface area contributed by atoms with Gasteiger partial charge in [0.25, 0.3) is 17.6 Å². The van der Waals surface area contributed by atoms with Crippen LogP contribution in [0.4, 0.5) is 22.0 Å². The first kappa shape index (κ1) is 20.9. The second-order valence-electron chi connectivity index (χ2n) is 7.31. The second-order valence-corrected chi connectivity index (χ2v) is 7.31. The van der Waals surface area contributed by atoms with E-state index < -0.39 is 42.8 Å². The van der Waals surface area contributed by atoms with Gasteiger partial charge in [-0.15, -0.1) is 13.2 Å². The predicted molar refractivity (Wildman–Crippen MR) is 96.9 cm³/mol. The van der Waals surface area contributed by atoms with Gasteiger partial charge in [-0.25, -0.2) is 18.3 Å². The minimum Gasteiger partial charge on any atom is -0.406 e. The lowest BCUT2D eigenvalue weighted by Crippen LogP contribution is -2.49. The van der Waals surface area contributed by atoms with Crippen LogP contribution in [-0.4, -0.2) is 55.8 Å². The Bertz CT molecular complexity index is 1130. The SMILES string of the molecule is Cc1cc(C2CN(C(=O)c3cccc(OC(F)(F)F)c3)CC(F)(F)C2)n2ncnc2n1. The lowest BCUT2D eigenvalue weighted by atomic mass is 9.91. The van der Waals surface area contributed by atoms with Crippen molar-refractivity contribution in [1.29, 1.82) is 0 Å². The van der Waals surface area contributed by atoms with Gasteiger partial charge in [0, 0.05) is 30.1 Å². The molecule has 1 atom stereocenters. The van der Waals surface area contributed by atoms with Crippen molar-refractivity contribution in [3.63, 3.8) is 0 Å². The van der Waals surface area contributed by atoms with E-state index in [-0.39, 0.29) is 17.9 Å². The average molecular weight is 441 g/mol. The molecule has 0 saturated carbocycles. The molecule has 3 aromatic rings. The summed E-state index contributed by atoms with van der Waals surface area (Å²) in [4.78, 5) is 22.0. The van der Waals surface area contributed by atoms with E-state index in [0.717, 1.165) is 17.0 Å². The maximum Gasteiger partial charge on any atom is 0.573 e. The molecule has 1 amide bonds. The summed E-state index contributed by atoms with van der Waals surface area (Å²) < 4.78 is 71.7. The quantitative estimate of drug-likeness (QED) is 0.581. The number of ether oxygens (including phenoxy) is 1. The number of aromatic nitrogens is 4. The highest BCUT2D eigenvalue weighted by Gasteiger charge is 2.43. The molecular weight excluding hydrogens is 425 g/mol. The molecule has 1 fully saturated rings. The van der Waals surface area contributed by atoms with Crippen LogP contribution in [0.1, 0.15) is 34.1 Å². The zero-order chi connectivity index (χ0) is 22.4. The molecule has 4 rings (SSSR count). The number of likely N-dealkylation sites (tertiary alicyclic amines) is 1. The highest BCUT2D eigenvalue weighted by molar-refractivity contribution is 5.94. The zero-order valence-electron chi connectivity index (χ0n) is 16.1. The summed E-state index contributed by atoms with van der Waals surface area (Å²) in [6.45, 7) is 0.767. The van der Waals surface area contributed by atoms with Gasteiger partial charge in [-0.1, -0.05) is 6.07 Å². The number of amides is 1. The van der Waals surface area contributed by atoms with Crippen molar-refractivity contribution in [2.45, 2.75) is 31.5 Å². The lowest BCUT2D eigenvalue weighted by molar-refractivity contribution is -0.274. The monoisotopic (exact) mass is 441 g/mol. The summed E-state index contributed by atoms with van der Waals surface area (Å²) in [5.74, 6) is -5.17. The maximum atomic E-state index is 14.6. The minimum absolute atomic E-state index is 0.0722. The van der Waals surface area contributed by atoms with Gasteiger partial charge in [-0.3, -0.25) is 4.79 Å². The van der Waals surface area contributed by atoms with Crippen molar-refractivity contribution < 1.29 is 31.5 Å². The number of rotatable bonds is 3. The molecule has 0 spiro atoms. The molecule has 1 unspecified atom stereocenters. The van der Waals surface area contributed by atoms with Gasteiger partial charge >= 0.3 is 6.36 Å². The lowest BCUT2D eigenvalue weighted by Gasteiger charge is -2.37. The second kappa shape index (κ2) is 7.43. The van der Waals surface area contributed by atoms with Gasteiger partial charge in [0.05, 0.1) is 12.2 Å². The topological polar surface area (TPSA) is 72.6 Å². The third kappa shape index (κ3) is 4.57. The smallest absolute Gasteiger partial charge is 0.406 e. The molecule has 0 aliphatic carbocycles. The Balaban J connectivity index is 1.64. The fourth-order valence-electron chi connectivity index (χ4n) is 3.71. The van der Waals surface area contributed by atoms with Crippen molar-refractivity contribution in [2.75, 3.05) is 13.1 Å². The molecule has 7 nitrogen and oxygen atoms in total. The van der Waals surface area contributed by atoms with Crippen molar-refractivity contribution in [2.24, 2.45) is 0 Å². The number of nitrogens with zero attached hydrogens (tertiary/aromatic N) is 5. The van der Waals surface area contributed by atoms with Gasteiger partial charge < -0.3 is 9.64 Å². The first-order chi connectivity index (χ1) is 14.5. The summed E-state index contributed by atoms with van der Waals surface area (Å²) in [6, 6.07) is 5.95. The highest BCUT2D eigenvalue weighted by Crippen LogP contribution is 2.37. The molecule has 0 radical (unpaired) electrons. The van der Waals surface area contributed by atoms with Gasteiger partial charge in [-0.2, -0.15) is 10.1 Å². The van der Waals surface area contributed by atoms with Gasteiger partial charge in [0.2, 0.25) is 0 Å². The fourth-order valence-corrected chi connectivity index (χ4v) is 3.71. The molecule has 12 heteroatoms. The van der Waals surface area contributed by atoms with E-state index in [2.05, 4.69) is 19.8 Å². The van der Waals surface area contributed by atoms with Gasteiger partial charge in [0.1, 0.15) is 12.1 Å². The maximum absolute atomic E-state index is 14.6. The number of carbonyl (C=O) groups excluding carboxylic acids is 1. The van der Waals surface area contributed by atoms with E-state index in [0.29, 0.717) is 11.4 Å². The Labute approximate surface area is 172 Å². The van der Waals surface area contributed by atoms with E-state index in [4.69, 9.17) is 0 Å². The average Bonchev–Trinajstić information content (AvgIpc) is 3.12. The Hall–Kier alpha value is -3.31. The van der Waals surface area contributed by atoms with Crippen LogP contribution in [0.15, 0.2) is 36.7 Å². The molecule has 1 aliphatic heterocycles. The number of hydrogen-bond donors (Lipinski definition) is 0. The van der Waals surface area contributed by atoms with Gasteiger partial charge in [-0.05, 0) is 31.2 Å². The Morgan fingerprint density at radius 3 is 2.77 bits per heavy atom. The van der Waals surface area contributed by atoms with Crippen molar-refractivity contribution in [1.82, 2.24) is 24.5 Å². The van der Waals surface area contributed by atoms with E-state index >= 15 is 0 Å². The predicted octanol–water partition coefficient (Wildman–Crippen LogP) is 3.60. The molecule has 1 aliphatic rings. The molecule has 31 heavy (non-hydrogen) atoms. The summed E-state index contributed by atoms with van der Waals surface area (Å²) in [6.07, 6.45) is -4.21. The summed E-state index contributed by atoms with van der Waals surface area (Å²) in [5.41, 5.74) is 0.792. The summed E-state index contributed by atoms with van der Waals surface area (Å²) in [5, 5.41) is 4.03. The van der Waals surface area contributed by atoms with Crippen LogP contribution in [0, 0.1) is 6.92 Å². The van der Waals surface area contributed by atoms with Crippen LogP contribution in [0.2, 0.25) is 0 Å². The molecule has 3 heterocycles. The molecule has 0 bridgehead atoms. The molecule has 2 aromatic heterocycles. The van der Waals surface area contributed by atoms with Crippen LogP contribution in [0.5, 0.6) is 5.75 Å². The third-order valence-electron chi connectivity index (χ3n) is 4.84. The van der Waals surface area contributed by atoms with E-state index in [1.807, 2.05) is 0 Å². The van der Waals surface area contributed by atoms with Crippen molar-refractivity contribution in [3.05, 3.63) is 53.6 Å². The minimum atomic E-state index is -4.94. The first-order valence-corrected chi connectivity index (χ1v) is 9.21. The first-order valence-electron chi connectivity index (χ1n) is 9.21. The fraction of sp³-hybridized carbons (Fsp3) is 0.368. The number of halogens is 5. The number of alkyl halides is 5. The number of carbonyl (C=O) groups is 1. The molecule has 1 saturated heterocycles. The van der Waals surface area contributed by atoms with Gasteiger partial charge in [0.15, 0.2) is 0 Å². The number of fused-ring (bicyclic) bond motifs is 1. The normalized spacial score (nSPS) is 18.9. The van der Waals surface area contributed by atoms with Crippen molar-refractivity contribution >= 4 is 11.7 Å². The largest absolute Gasteiger partial charge is 0.573 e. The summed E-state index contributed by atoms with van der Waals surface area (Å²) in [7, 11) is 0. The number of benzene rings is 1. The Morgan fingerprint density at radius 2 is 2.03 bits per heavy atom. The van der Waals surface area contributed by atoms with Crippen LogP contribution >= 0.6 is 0 Å². The number of hydrogen-bond acceptors (Lipinski definition) is 5. The Kier molecular flexibility index (Phi) is 5.02. The van der Waals surface area contributed by atoms with Crippen molar-refractivity contribution in [3.8, 4) is 5.75 Å². The third-order valence-corrected chi connectivity index (χ3v) is 4.84. The van der Waals surface area contributed by atoms with Crippen LogP contribution in [0.3, 0.4) is 0 Å². The molecular formula is C19H16F5N5O2. The van der Waals surface area contributed by atoms with E-state index in [9.17, 15) is 26.7 Å². The molecule has 1 aromatic carbocycles. The Morgan fingerprint density at radius 1 is 1.26 bits per heavy atom. The zero-order valence-corrected chi connectivity index (χ0v) is 16.1. The molecule has 0 N–H and O–H groups in total. The van der Waals surface area contributed by atoms with Crippen LogP contribution < -0.4 is 4.74 Å². The standard InChI is InChI=1S/C19H16F5N5O2/c1-11-5-15(29-17(27-11)25-10-26-29)13-7-18(20,21)9-28(8-13)16(30)12-3-2-4-14(6-12)31-19(22,23)24/h2-6,10,13H,7-9H2,1H3. The number of piperidine rings is 1. The van der Waals surface area contributed by atoms with Crippen LogP contribution in [-0.2, 0) is 0 Å². The highest BCUT2D eigenvalue weighted by atomic mass is 19.4. The van der Waals surface area contributed by atoms with Crippen LogP contribution in [0.25, 0.3) is 5.78 Å². The number of aryl methyl sites for hydroxylation is 1. The van der Waals surface area contributed by atoms with E-state index in [1.165, 1.54) is 23.0 Å². The molecule has 164 valence electrons.